The summed E-state index contributed by atoms with van der Waals surface area (Å²) in [5.41, 5.74) is 6.64. The monoisotopic (exact) mass is 211 g/mol. The lowest BCUT2D eigenvalue weighted by molar-refractivity contribution is 0.622. The second-order valence-electron chi connectivity index (χ2n) is 3.02. The summed E-state index contributed by atoms with van der Waals surface area (Å²) >= 11 is 5.62. The molecule has 14 heavy (non-hydrogen) atoms. The third-order valence-corrected chi connectivity index (χ3v) is 2.26. The minimum absolute atomic E-state index is 0.0960. The predicted molar refractivity (Wildman–Crippen MR) is 56.4 cm³/mol. The molecule has 0 aromatic heterocycles. The van der Waals surface area contributed by atoms with Gasteiger partial charge in [0.05, 0.1) is 5.02 Å². The van der Waals surface area contributed by atoms with E-state index in [1.807, 2.05) is 0 Å². The molecule has 1 atom stereocenters. The van der Waals surface area contributed by atoms with Crippen molar-refractivity contribution in [2.45, 2.75) is 18.9 Å². The summed E-state index contributed by atoms with van der Waals surface area (Å²) in [7, 11) is 0. The molecule has 0 fully saturated rings. The van der Waals surface area contributed by atoms with Crippen molar-refractivity contribution in [3.8, 4) is 12.3 Å². The first kappa shape index (κ1) is 11.0. The van der Waals surface area contributed by atoms with Crippen LogP contribution in [-0.2, 0) is 0 Å². The lowest BCUT2D eigenvalue weighted by atomic mass is 10.0. The zero-order valence-corrected chi connectivity index (χ0v) is 8.39. The average molecular weight is 212 g/mol. The Morgan fingerprint density at radius 3 is 2.86 bits per heavy atom. The van der Waals surface area contributed by atoms with E-state index in [0.717, 1.165) is 5.56 Å². The maximum atomic E-state index is 12.8. The largest absolute Gasteiger partial charge is 0.324 e. The molecule has 0 bridgehead atoms. The van der Waals surface area contributed by atoms with Gasteiger partial charge in [-0.25, -0.2) is 4.39 Å². The molecule has 1 aromatic carbocycles. The molecule has 0 saturated carbocycles. The van der Waals surface area contributed by atoms with Crippen molar-refractivity contribution in [2.75, 3.05) is 0 Å². The van der Waals surface area contributed by atoms with Crippen molar-refractivity contribution in [3.05, 3.63) is 34.6 Å². The van der Waals surface area contributed by atoms with Crippen molar-refractivity contribution in [1.82, 2.24) is 0 Å². The van der Waals surface area contributed by atoms with E-state index in [0.29, 0.717) is 12.8 Å². The van der Waals surface area contributed by atoms with Crippen LogP contribution in [-0.4, -0.2) is 0 Å². The van der Waals surface area contributed by atoms with Gasteiger partial charge < -0.3 is 5.73 Å². The van der Waals surface area contributed by atoms with Crippen molar-refractivity contribution >= 4 is 11.6 Å². The molecule has 1 nitrogen and oxygen atoms in total. The van der Waals surface area contributed by atoms with Crippen molar-refractivity contribution < 1.29 is 4.39 Å². The van der Waals surface area contributed by atoms with Crippen LogP contribution in [0.3, 0.4) is 0 Å². The normalized spacial score (nSPS) is 12.1. The SMILES string of the molecule is C#CCCC(N)c1ccc(F)c(Cl)c1. The highest BCUT2D eigenvalue weighted by Gasteiger charge is 2.07. The van der Waals surface area contributed by atoms with Crippen LogP contribution in [0.2, 0.25) is 5.02 Å². The van der Waals surface area contributed by atoms with Gasteiger partial charge in [0.15, 0.2) is 0 Å². The van der Waals surface area contributed by atoms with Gasteiger partial charge in [-0.3, -0.25) is 0 Å². The Labute approximate surface area is 88.1 Å². The summed E-state index contributed by atoms with van der Waals surface area (Å²) in [6.45, 7) is 0. The van der Waals surface area contributed by atoms with E-state index in [4.69, 9.17) is 23.8 Å². The van der Waals surface area contributed by atoms with E-state index in [1.165, 1.54) is 12.1 Å². The summed E-state index contributed by atoms with van der Waals surface area (Å²) in [6, 6.07) is 4.30. The molecule has 3 heteroatoms. The summed E-state index contributed by atoms with van der Waals surface area (Å²) in [4.78, 5) is 0. The standard InChI is InChI=1S/C11H11ClFN/c1-2-3-4-11(14)8-5-6-10(13)9(12)7-8/h1,5-7,11H,3-4,14H2. The second kappa shape index (κ2) is 4.99. The Balaban J connectivity index is 2.76. The molecule has 1 unspecified atom stereocenters. The molecule has 74 valence electrons. The number of benzene rings is 1. The average Bonchev–Trinajstić information content (AvgIpc) is 2.18. The van der Waals surface area contributed by atoms with Crippen molar-refractivity contribution in [3.63, 3.8) is 0 Å². The summed E-state index contributed by atoms with van der Waals surface area (Å²) < 4.78 is 12.8. The number of halogens is 2. The van der Waals surface area contributed by atoms with Gasteiger partial charge in [-0.1, -0.05) is 17.7 Å². The molecule has 0 spiro atoms. The van der Waals surface area contributed by atoms with Gasteiger partial charge in [-0.2, -0.15) is 0 Å². The zero-order valence-electron chi connectivity index (χ0n) is 7.63. The number of nitrogens with two attached hydrogens (primary N) is 1. The Kier molecular flexibility index (Phi) is 3.94. The molecular weight excluding hydrogens is 201 g/mol. The fourth-order valence-corrected chi connectivity index (χ4v) is 1.34. The maximum Gasteiger partial charge on any atom is 0.141 e. The first-order valence-corrected chi connectivity index (χ1v) is 4.67. The first-order valence-electron chi connectivity index (χ1n) is 4.29. The lowest BCUT2D eigenvalue weighted by Crippen LogP contribution is -2.09. The van der Waals surface area contributed by atoms with Gasteiger partial charge in [0.1, 0.15) is 5.82 Å². The second-order valence-corrected chi connectivity index (χ2v) is 3.43. The van der Waals surface area contributed by atoms with Crippen LogP contribution < -0.4 is 5.73 Å². The molecule has 0 aliphatic heterocycles. The molecule has 0 heterocycles. The smallest absolute Gasteiger partial charge is 0.141 e. The van der Waals surface area contributed by atoms with Crippen LogP contribution in [0.15, 0.2) is 18.2 Å². The zero-order chi connectivity index (χ0) is 10.6. The highest BCUT2D eigenvalue weighted by Crippen LogP contribution is 2.21. The van der Waals surface area contributed by atoms with Gasteiger partial charge in [-0.15, -0.1) is 12.3 Å². The summed E-state index contributed by atoms with van der Waals surface area (Å²) in [5.74, 6) is 2.08. The molecule has 0 aliphatic rings. The van der Waals surface area contributed by atoms with Gasteiger partial charge in [-0.05, 0) is 24.1 Å². The molecule has 0 aliphatic carbocycles. The van der Waals surface area contributed by atoms with Crippen LogP contribution >= 0.6 is 11.6 Å². The third-order valence-electron chi connectivity index (χ3n) is 1.97. The summed E-state index contributed by atoms with van der Waals surface area (Å²) in [5, 5.41) is 0.0960. The van der Waals surface area contributed by atoms with Crippen molar-refractivity contribution in [1.29, 1.82) is 0 Å². The van der Waals surface area contributed by atoms with E-state index in [-0.39, 0.29) is 11.1 Å². The molecule has 2 N–H and O–H groups in total. The third kappa shape index (κ3) is 2.73. The van der Waals surface area contributed by atoms with E-state index >= 15 is 0 Å². The van der Waals surface area contributed by atoms with Crippen LogP contribution in [0, 0.1) is 18.2 Å². The first-order chi connectivity index (χ1) is 6.65. The van der Waals surface area contributed by atoms with Crippen LogP contribution in [0.1, 0.15) is 24.4 Å². The van der Waals surface area contributed by atoms with Gasteiger partial charge in [0.25, 0.3) is 0 Å². The Bertz CT molecular complexity index is 357. The maximum absolute atomic E-state index is 12.8. The number of terminal acetylenes is 1. The minimum atomic E-state index is -0.431. The van der Waals surface area contributed by atoms with Crippen LogP contribution in [0.4, 0.5) is 4.39 Å². The Morgan fingerprint density at radius 1 is 1.57 bits per heavy atom. The van der Waals surface area contributed by atoms with E-state index in [1.54, 1.807) is 6.07 Å². The molecule has 0 radical (unpaired) electrons. The predicted octanol–water partition coefficient (Wildman–Crippen LogP) is 2.89. The molecule has 0 amide bonds. The van der Waals surface area contributed by atoms with Gasteiger partial charge >= 0.3 is 0 Å². The van der Waals surface area contributed by atoms with Crippen LogP contribution in [0.5, 0.6) is 0 Å². The number of hydrogen-bond donors (Lipinski definition) is 1. The highest BCUT2D eigenvalue weighted by atomic mass is 35.5. The quantitative estimate of drug-likeness (QED) is 0.765. The topological polar surface area (TPSA) is 26.0 Å². The molecule has 1 rings (SSSR count). The Hall–Kier alpha value is -1.04. The Morgan fingerprint density at radius 2 is 2.29 bits per heavy atom. The highest BCUT2D eigenvalue weighted by molar-refractivity contribution is 6.30. The summed E-state index contributed by atoms with van der Waals surface area (Å²) in [6.07, 6.45) is 6.40. The van der Waals surface area contributed by atoms with E-state index in [9.17, 15) is 4.39 Å². The van der Waals surface area contributed by atoms with E-state index in [2.05, 4.69) is 5.92 Å². The molecule has 0 saturated heterocycles. The fraction of sp³-hybridized carbons (Fsp3) is 0.273. The number of rotatable bonds is 3. The molecule has 1 aromatic rings. The minimum Gasteiger partial charge on any atom is -0.324 e. The lowest BCUT2D eigenvalue weighted by Gasteiger charge is -2.10. The van der Waals surface area contributed by atoms with Gasteiger partial charge in [0.2, 0.25) is 0 Å². The fourth-order valence-electron chi connectivity index (χ4n) is 1.15. The van der Waals surface area contributed by atoms with E-state index < -0.39 is 5.82 Å². The van der Waals surface area contributed by atoms with Gasteiger partial charge in [0, 0.05) is 12.5 Å². The van der Waals surface area contributed by atoms with Crippen LogP contribution in [0.25, 0.3) is 0 Å². The number of hydrogen-bond acceptors (Lipinski definition) is 1. The molecular formula is C11H11ClFN. The van der Waals surface area contributed by atoms with Crippen molar-refractivity contribution in [2.24, 2.45) is 5.73 Å².